The predicted molar refractivity (Wildman–Crippen MR) is 43.1 cm³/mol. The summed E-state index contributed by atoms with van der Waals surface area (Å²) >= 11 is 0. The monoisotopic (exact) mass is 197 g/mol. The molecular formula is C8H14F3NO. The van der Waals surface area contributed by atoms with Gasteiger partial charge in [-0.25, -0.2) is 0 Å². The van der Waals surface area contributed by atoms with E-state index in [0.29, 0.717) is 0 Å². The first-order chi connectivity index (χ1) is 5.55. The van der Waals surface area contributed by atoms with Crippen LogP contribution in [0.5, 0.6) is 0 Å². The lowest BCUT2D eigenvalue weighted by Crippen LogP contribution is -2.47. The molecule has 0 fully saturated rings. The Balaban J connectivity index is 4.24. The molecule has 0 saturated carbocycles. The van der Waals surface area contributed by atoms with Gasteiger partial charge >= 0.3 is 12.1 Å². The largest absolute Gasteiger partial charge is 0.471 e. The number of amides is 1. The fourth-order valence-electron chi connectivity index (χ4n) is 0.495. The minimum absolute atomic E-state index is 0.374. The Morgan fingerprint density at radius 1 is 1.23 bits per heavy atom. The van der Waals surface area contributed by atoms with Gasteiger partial charge in [-0.15, -0.1) is 0 Å². The lowest BCUT2D eigenvalue weighted by atomic mass is 9.88. The molecule has 78 valence electrons. The van der Waals surface area contributed by atoms with Crippen LogP contribution in [0.25, 0.3) is 0 Å². The Hall–Kier alpha value is -0.740. The molecule has 0 aliphatic rings. The average Bonchev–Trinajstić information content (AvgIpc) is 1.82. The maximum atomic E-state index is 11.8. The number of alkyl halides is 3. The smallest absolute Gasteiger partial charge is 0.345 e. The molecule has 0 unspecified atom stereocenters. The molecule has 13 heavy (non-hydrogen) atoms. The molecule has 0 aromatic rings. The van der Waals surface area contributed by atoms with Crippen molar-refractivity contribution in [3.63, 3.8) is 0 Å². The number of nitrogens with one attached hydrogen (secondary N) is 1. The molecule has 0 aromatic carbocycles. The van der Waals surface area contributed by atoms with Crippen molar-refractivity contribution in [2.75, 3.05) is 0 Å². The molecule has 0 radical (unpaired) electrons. The van der Waals surface area contributed by atoms with Gasteiger partial charge in [0.15, 0.2) is 0 Å². The molecule has 1 N–H and O–H groups in total. The maximum absolute atomic E-state index is 11.8. The third kappa shape index (κ3) is 4.15. The van der Waals surface area contributed by atoms with Crippen LogP contribution in [-0.2, 0) is 4.79 Å². The van der Waals surface area contributed by atoms with Crippen molar-refractivity contribution in [2.45, 2.75) is 39.9 Å². The van der Waals surface area contributed by atoms with Gasteiger partial charge in [0.2, 0.25) is 0 Å². The number of hydrogen-bond donors (Lipinski definition) is 1. The highest BCUT2D eigenvalue weighted by atomic mass is 19.4. The first-order valence-electron chi connectivity index (χ1n) is 3.93. The zero-order chi connectivity index (χ0) is 10.9. The van der Waals surface area contributed by atoms with Crippen molar-refractivity contribution in [1.82, 2.24) is 5.32 Å². The van der Waals surface area contributed by atoms with Crippen LogP contribution < -0.4 is 5.32 Å². The molecule has 0 rings (SSSR count). The van der Waals surface area contributed by atoms with Crippen LogP contribution in [0.4, 0.5) is 13.2 Å². The van der Waals surface area contributed by atoms with Gasteiger partial charge in [0, 0.05) is 6.04 Å². The van der Waals surface area contributed by atoms with Crippen LogP contribution in [0.2, 0.25) is 0 Å². The molecular weight excluding hydrogens is 183 g/mol. The average molecular weight is 197 g/mol. The highest BCUT2D eigenvalue weighted by Crippen LogP contribution is 2.21. The van der Waals surface area contributed by atoms with E-state index >= 15 is 0 Å². The zero-order valence-electron chi connectivity index (χ0n) is 8.12. The number of rotatable bonds is 1. The fraction of sp³-hybridized carbons (Fsp3) is 0.875. The minimum Gasteiger partial charge on any atom is -0.345 e. The maximum Gasteiger partial charge on any atom is 0.471 e. The summed E-state index contributed by atoms with van der Waals surface area (Å²) in [4.78, 5) is 10.5. The predicted octanol–water partition coefficient (Wildman–Crippen LogP) is 2.10. The number of carbonyl (C=O) groups excluding carboxylic acids is 1. The topological polar surface area (TPSA) is 29.1 Å². The number of halogens is 3. The molecule has 0 aromatic heterocycles. The summed E-state index contributed by atoms with van der Waals surface area (Å²) in [6.07, 6.45) is -4.79. The van der Waals surface area contributed by atoms with E-state index in [1.807, 2.05) is 5.32 Å². The molecule has 1 atom stereocenters. The second-order valence-electron chi connectivity index (χ2n) is 4.06. The Morgan fingerprint density at radius 2 is 1.62 bits per heavy atom. The number of carbonyl (C=O) groups is 1. The summed E-state index contributed by atoms with van der Waals surface area (Å²) in [5.74, 6) is -1.88. The van der Waals surface area contributed by atoms with E-state index in [2.05, 4.69) is 0 Å². The van der Waals surface area contributed by atoms with Crippen molar-refractivity contribution < 1.29 is 18.0 Å². The Morgan fingerprint density at radius 3 is 1.85 bits per heavy atom. The molecule has 0 saturated heterocycles. The Kier molecular flexibility index (Phi) is 3.35. The summed E-state index contributed by atoms with van der Waals surface area (Å²) in [5.41, 5.74) is -0.374. The normalized spacial score (nSPS) is 15.3. The highest BCUT2D eigenvalue weighted by molar-refractivity contribution is 5.81. The van der Waals surface area contributed by atoms with E-state index < -0.39 is 18.1 Å². The molecule has 0 aliphatic heterocycles. The summed E-state index contributed by atoms with van der Waals surface area (Å²) in [7, 11) is 0. The fourth-order valence-corrected chi connectivity index (χ4v) is 0.495. The quantitative estimate of drug-likeness (QED) is 0.685. The van der Waals surface area contributed by atoms with E-state index in [-0.39, 0.29) is 5.41 Å². The van der Waals surface area contributed by atoms with Gasteiger partial charge in [-0.2, -0.15) is 13.2 Å². The van der Waals surface area contributed by atoms with Crippen LogP contribution in [0.15, 0.2) is 0 Å². The van der Waals surface area contributed by atoms with E-state index in [4.69, 9.17) is 0 Å². The SMILES string of the molecule is C[C@@H](NC(=O)C(F)(F)F)C(C)(C)C. The molecule has 0 spiro atoms. The van der Waals surface area contributed by atoms with E-state index in [9.17, 15) is 18.0 Å². The van der Waals surface area contributed by atoms with Crippen molar-refractivity contribution in [3.8, 4) is 0 Å². The van der Waals surface area contributed by atoms with Crippen LogP contribution in [0.3, 0.4) is 0 Å². The lowest BCUT2D eigenvalue weighted by molar-refractivity contribution is -0.174. The molecule has 1 amide bonds. The molecule has 5 heteroatoms. The standard InChI is InChI=1S/C8H14F3NO/c1-5(7(2,3)4)12-6(13)8(9,10)11/h5H,1-4H3,(H,12,13)/t5-/m1/s1. The zero-order valence-corrected chi connectivity index (χ0v) is 8.12. The highest BCUT2D eigenvalue weighted by Gasteiger charge is 2.40. The van der Waals surface area contributed by atoms with Crippen LogP contribution in [0, 0.1) is 5.41 Å². The van der Waals surface area contributed by atoms with Gasteiger partial charge in [0.05, 0.1) is 0 Å². The van der Waals surface area contributed by atoms with Crippen molar-refractivity contribution in [2.24, 2.45) is 5.41 Å². The van der Waals surface area contributed by atoms with E-state index in [0.717, 1.165) is 0 Å². The summed E-state index contributed by atoms with van der Waals surface area (Å²) in [6, 6.07) is -0.512. The second-order valence-corrected chi connectivity index (χ2v) is 4.06. The van der Waals surface area contributed by atoms with Crippen molar-refractivity contribution in [3.05, 3.63) is 0 Å². The summed E-state index contributed by atoms with van der Waals surface area (Å²) in [5, 5.41) is 1.90. The van der Waals surface area contributed by atoms with Gasteiger partial charge in [0.25, 0.3) is 0 Å². The van der Waals surface area contributed by atoms with Gasteiger partial charge in [-0.1, -0.05) is 20.8 Å². The number of hydrogen-bond acceptors (Lipinski definition) is 1. The first kappa shape index (κ1) is 12.3. The van der Waals surface area contributed by atoms with Gasteiger partial charge in [-0.05, 0) is 12.3 Å². The molecule has 0 aliphatic carbocycles. The summed E-state index contributed by atoms with van der Waals surface area (Å²) < 4.78 is 35.4. The minimum atomic E-state index is -4.79. The third-order valence-electron chi connectivity index (χ3n) is 1.90. The molecule has 0 bridgehead atoms. The van der Waals surface area contributed by atoms with Crippen molar-refractivity contribution in [1.29, 1.82) is 0 Å². The Bertz CT molecular complexity index is 193. The van der Waals surface area contributed by atoms with Gasteiger partial charge in [0.1, 0.15) is 0 Å². The first-order valence-corrected chi connectivity index (χ1v) is 3.93. The third-order valence-corrected chi connectivity index (χ3v) is 1.90. The van der Waals surface area contributed by atoms with Gasteiger partial charge in [-0.3, -0.25) is 4.79 Å². The second kappa shape index (κ2) is 3.55. The van der Waals surface area contributed by atoms with Crippen LogP contribution >= 0.6 is 0 Å². The van der Waals surface area contributed by atoms with E-state index in [1.54, 1.807) is 27.7 Å². The molecule has 2 nitrogen and oxygen atoms in total. The molecule has 0 heterocycles. The van der Waals surface area contributed by atoms with Gasteiger partial charge < -0.3 is 5.32 Å². The van der Waals surface area contributed by atoms with Crippen LogP contribution in [-0.4, -0.2) is 18.1 Å². The van der Waals surface area contributed by atoms with E-state index in [1.165, 1.54) is 0 Å². The van der Waals surface area contributed by atoms with Crippen molar-refractivity contribution >= 4 is 5.91 Å². The Labute approximate surface area is 75.5 Å². The summed E-state index contributed by atoms with van der Waals surface area (Å²) in [6.45, 7) is 6.82. The lowest BCUT2D eigenvalue weighted by Gasteiger charge is -2.28. The van der Waals surface area contributed by atoms with Crippen LogP contribution in [0.1, 0.15) is 27.7 Å².